The minimum Gasteiger partial charge on any atom is -0.390 e. The van der Waals surface area contributed by atoms with Crippen LogP contribution in [0.25, 0.3) is 0 Å². The molecule has 68 valence electrons. The average Bonchev–Trinajstić information content (AvgIpc) is 1.86. The molecule has 1 heteroatoms. The molecular formula is C10H22O. The monoisotopic (exact) mass is 158 g/mol. The van der Waals surface area contributed by atoms with Crippen LogP contribution in [-0.4, -0.2) is 10.7 Å². The summed E-state index contributed by atoms with van der Waals surface area (Å²) < 4.78 is 0. The second kappa shape index (κ2) is 4.10. The average molecular weight is 158 g/mol. The SMILES string of the molecule is CCC(C)(O)C(C)CC(C)C. The van der Waals surface area contributed by atoms with Crippen molar-refractivity contribution in [2.24, 2.45) is 11.8 Å². The van der Waals surface area contributed by atoms with E-state index >= 15 is 0 Å². The standard InChI is InChI=1S/C10H22O/c1-6-10(5,11)9(4)7-8(2)3/h8-9,11H,6-7H2,1-5H3. The van der Waals surface area contributed by atoms with Crippen LogP contribution in [-0.2, 0) is 0 Å². The summed E-state index contributed by atoms with van der Waals surface area (Å²) in [5.41, 5.74) is -0.468. The van der Waals surface area contributed by atoms with E-state index in [0.717, 1.165) is 12.8 Å². The molecule has 2 atom stereocenters. The lowest BCUT2D eigenvalue weighted by molar-refractivity contribution is -0.00512. The minimum atomic E-state index is -0.468. The summed E-state index contributed by atoms with van der Waals surface area (Å²) in [5, 5.41) is 9.84. The largest absolute Gasteiger partial charge is 0.390 e. The van der Waals surface area contributed by atoms with E-state index in [2.05, 4.69) is 20.8 Å². The van der Waals surface area contributed by atoms with Crippen LogP contribution in [0.15, 0.2) is 0 Å². The van der Waals surface area contributed by atoms with Crippen LogP contribution >= 0.6 is 0 Å². The Hall–Kier alpha value is -0.0400. The molecule has 0 saturated heterocycles. The van der Waals surface area contributed by atoms with Gasteiger partial charge in [-0.1, -0.05) is 27.7 Å². The molecule has 0 aliphatic heterocycles. The zero-order valence-corrected chi connectivity index (χ0v) is 8.52. The van der Waals surface area contributed by atoms with E-state index in [1.54, 1.807) is 0 Å². The Labute approximate surface area is 70.8 Å². The molecule has 0 saturated carbocycles. The Balaban J connectivity index is 3.90. The highest BCUT2D eigenvalue weighted by atomic mass is 16.3. The highest BCUT2D eigenvalue weighted by Crippen LogP contribution is 2.26. The van der Waals surface area contributed by atoms with E-state index in [1.165, 1.54) is 0 Å². The van der Waals surface area contributed by atoms with Crippen molar-refractivity contribution in [1.29, 1.82) is 0 Å². The number of aliphatic hydroxyl groups is 1. The van der Waals surface area contributed by atoms with Crippen LogP contribution in [0.2, 0.25) is 0 Å². The topological polar surface area (TPSA) is 20.2 Å². The maximum absolute atomic E-state index is 9.84. The van der Waals surface area contributed by atoms with Crippen molar-refractivity contribution >= 4 is 0 Å². The second-order valence-electron chi connectivity index (χ2n) is 4.24. The van der Waals surface area contributed by atoms with Gasteiger partial charge in [0.2, 0.25) is 0 Å². The van der Waals surface area contributed by atoms with Crippen LogP contribution < -0.4 is 0 Å². The number of hydrogen-bond acceptors (Lipinski definition) is 1. The van der Waals surface area contributed by atoms with Gasteiger partial charge in [0, 0.05) is 0 Å². The fourth-order valence-electron chi connectivity index (χ4n) is 1.31. The molecule has 0 amide bonds. The van der Waals surface area contributed by atoms with Gasteiger partial charge in [-0.2, -0.15) is 0 Å². The Morgan fingerprint density at radius 2 is 1.73 bits per heavy atom. The predicted octanol–water partition coefficient (Wildman–Crippen LogP) is 2.83. The first kappa shape index (κ1) is 11.0. The van der Waals surface area contributed by atoms with E-state index in [1.807, 2.05) is 13.8 Å². The maximum Gasteiger partial charge on any atom is 0.0642 e. The summed E-state index contributed by atoms with van der Waals surface area (Å²) in [6.07, 6.45) is 1.96. The van der Waals surface area contributed by atoms with Gasteiger partial charge in [-0.05, 0) is 31.6 Å². The van der Waals surface area contributed by atoms with Crippen molar-refractivity contribution in [2.45, 2.75) is 53.1 Å². The van der Waals surface area contributed by atoms with Gasteiger partial charge in [0.05, 0.1) is 5.60 Å². The third-order valence-corrected chi connectivity index (χ3v) is 2.60. The molecular weight excluding hydrogens is 136 g/mol. The van der Waals surface area contributed by atoms with Gasteiger partial charge in [-0.15, -0.1) is 0 Å². The van der Waals surface area contributed by atoms with E-state index < -0.39 is 5.60 Å². The molecule has 0 aromatic heterocycles. The van der Waals surface area contributed by atoms with Gasteiger partial charge in [-0.25, -0.2) is 0 Å². The molecule has 0 aromatic carbocycles. The van der Waals surface area contributed by atoms with Crippen LogP contribution in [0.3, 0.4) is 0 Å². The lowest BCUT2D eigenvalue weighted by Crippen LogP contribution is -2.32. The van der Waals surface area contributed by atoms with Crippen molar-refractivity contribution in [3.63, 3.8) is 0 Å². The molecule has 11 heavy (non-hydrogen) atoms. The third kappa shape index (κ3) is 3.76. The molecule has 2 unspecified atom stereocenters. The fourth-order valence-corrected chi connectivity index (χ4v) is 1.31. The summed E-state index contributed by atoms with van der Waals surface area (Å²) in [4.78, 5) is 0. The molecule has 0 bridgehead atoms. The van der Waals surface area contributed by atoms with Crippen LogP contribution in [0.1, 0.15) is 47.5 Å². The van der Waals surface area contributed by atoms with Gasteiger partial charge in [0.15, 0.2) is 0 Å². The molecule has 0 aliphatic rings. The first-order valence-electron chi connectivity index (χ1n) is 4.62. The van der Waals surface area contributed by atoms with Gasteiger partial charge >= 0.3 is 0 Å². The zero-order valence-electron chi connectivity index (χ0n) is 8.52. The van der Waals surface area contributed by atoms with Crippen LogP contribution in [0.4, 0.5) is 0 Å². The predicted molar refractivity (Wildman–Crippen MR) is 49.5 cm³/mol. The highest BCUT2D eigenvalue weighted by Gasteiger charge is 2.26. The Morgan fingerprint density at radius 1 is 1.27 bits per heavy atom. The summed E-state index contributed by atoms with van der Waals surface area (Å²) in [5.74, 6) is 1.09. The van der Waals surface area contributed by atoms with Gasteiger partial charge in [0.25, 0.3) is 0 Å². The molecule has 0 aliphatic carbocycles. The van der Waals surface area contributed by atoms with Crippen molar-refractivity contribution < 1.29 is 5.11 Å². The summed E-state index contributed by atoms with van der Waals surface area (Å²) in [7, 11) is 0. The van der Waals surface area contributed by atoms with Gasteiger partial charge < -0.3 is 5.11 Å². The Morgan fingerprint density at radius 3 is 2.00 bits per heavy atom. The van der Waals surface area contributed by atoms with Crippen molar-refractivity contribution in [3.8, 4) is 0 Å². The lowest BCUT2D eigenvalue weighted by Gasteiger charge is -2.30. The maximum atomic E-state index is 9.84. The fraction of sp³-hybridized carbons (Fsp3) is 1.00. The summed E-state index contributed by atoms with van der Waals surface area (Å²) in [6.45, 7) is 10.5. The smallest absolute Gasteiger partial charge is 0.0642 e. The van der Waals surface area contributed by atoms with Crippen molar-refractivity contribution in [2.75, 3.05) is 0 Å². The Bertz CT molecular complexity index is 105. The lowest BCUT2D eigenvalue weighted by atomic mass is 9.83. The quantitative estimate of drug-likeness (QED) is 0.667. The summed E-state index contributed by atoms with van der Waals surface area (Å²) >= 11 is 0. The molecule has 0 heterocycles. The molecule has 0 aromatic rings. The minimum absolute atomic E-state index is 0.410. The van der Waals surface area contributed by atoms with Crippen LogP contribution in [0.5, 0.6) is 0 Å². The normalized spacial score (nSPS) is 19.9. The third-order valence-electron chi connectivity index (χ3n) is 2.60. The second-order valence-corrected chi connectivity index (χ2v) is 4.24. The Kier molecular flexibility index (Phi) is 4.09. The molecule has 0 rings (SSSR count). The van der Waals surface area contributed by atoms with E-state index in [0.29, 0.717) is 11.8 Å². The molecule has 0 radical (unpaired) electrons. The van der Waals surface area contributed by atoms with Crippen LogP contribution in [0, 0.1) is 11.8 Å². The van der Waals surface area contributed by atoms with E-state index in [4.69, 9.17) is 0 Å². The van der Waals surface area contributed by atoms with Gasteiger partial charge in [0.1, 0.15) is 0 Å². The first-order chi connectivity index (χ1) is 4.90. The molecule has 1 nitrogen and oxygen atoms in total. The zero-order chi connectivity index (χ0) is 9.07. The van der Waals surface area contributed by atoms with Crippen molar-refractivity contribution in [3.05, 3.63) is 0 Å². The first-order valence-corrected chi connectivity index (χ1v) is 4.62. The highest BCUT2D eigenvalue weighted by molar-refractivity contribution is 4.77. The van der Waals surface area contributed by atoms with Gasteiger partial charge in [-0.3, -0.25) is 0 Å². The summed E-state index contributed by atoms with van der Waals surface area (Å²) in [6, 6.07) is 0. The number of hydrogen-bond donors (Lipinski definition) is 1. The van der Waals surface area contributed by atoms with E-state index in [9.17, 15) is 5.11 Å². The number of rotatable bonds is 4. The van der Waals surface area contributed by atoms with E-state index in [-0.39, 0.29) is 0 Å². The molecule has 1 N–H and O–H groups in total. The molecule has 0 fully saturated rings. The molecule has 0 spiro atoms. The van der Waals surface area contributed by atoms with Crippen molar-refractivity contribution in [1.82, 2.24) is 0 Å².